The van der Waals surface area contributed by atoms with Gasteiger partial charge in [0.25, 0.3) is 0 Å². The van der Waals surface area contributed by atoms with Crippen LogP contribution >= 0.6 is 0 Å². The number of carbonyl (C=O) groups is 2. The summed E-state index contributed by atoms with van der Waals surface area (Å²) in [6, 6.07) is -0.339. The van der Waals surface area contributed by atoms with E-state index in [0.717, 1.165) is 32.5 Å². The summed E-state index contributed by atoms with van der Waals surface area (Å²) >= 11 is 0. The highest BCUT2D eigenvalue weighted by molar-refractivity contribution is 5.94. The summed E-state index contributed by atoms with van der Waals surface area (Å²) < 4.78 is 5.25. The summed E-state index contributed by atoms with van der Waals surface area (Å²) in [6.07, 6.45) is 2.71. The number of hydrogen-bond acceptors (Lipinski definition) is 3. The average molecular weight is 212 g/mol. The second-order valence-electron chi connectivity index (χ2n) is 4.13. The van der Waals surface area contributed by atoms with Gasteiger partial charge < -0.3 is 15.4 Å². The Kier molecular flexibility index (Phi) is 3.20. The summed E-state index contributed by atoms with van der Waals surface area (Å²) in [7, 11) is 0. The first kappa shape index (κ1) is 10.4. The van der Waals surface area contributed by atoms with Crippen molar-refractivity contribution in [3.63, 3.8) is 0 Å². The van der Waals surface area contributed by atoms with Crippen molar-refractivity contribution in [2.24, 2.45) is 5.92 Å². The highest BCUT2D eigenvalue weighted by Crippen LogP contribution is 2.20. The van der Waals surface area contributed by atoms with Crippen LogP contribution in [0.4, 0.5) is 0 Å². The van der Waals surface area contributed by atoms with Crippen molar-refractivity contribution >= 4 is 11.8 Å². The normalized spacial score (nSPS) is 28.4. The SMILES string of the molecule is O=C1CNC(=O)[C@@H](CC2CCOCC2)N1. The number of carbonyl (C=O) groups excluding carboxylic acids is 2. The molecule has 15 heavy (non-hydrogen) atoms. The molecule has 2 aliphatic rings. The Morgan fingerprint density at radius 2 is 2.00 bits per heavy atom. The highest BCUT2D eigenvalue weighted by Gasteiger charge is 2.29. The maximum absolute atomic E-state index is 11.5. The third-order valence-electron chi connectivity index (χ3n) is 2.98. The van der Waals surface area contributed by atoms with Crippen LogP contribution in [-0.4, -0.2) is 37.6 Å². The van der Waals surface area contributed by atoms with E-state index in [9.17, 15) is 9.59 Å². The van der Waals surface area contributed by atoms with Gasteiger partial charge in [-0.05, 0) is 25.2 Å². The van der Waals surface area contributed by atoms with E-state index in [1.807, 2.05) is 0 Å². The number of amides is 2. The minimum absolute atomic E-state index is 0.0545. The Hall–Kier alpha value is -1.10. The Balaban J connectivity index is 1.85. The molecular weight excluding hydrogens is 196 g/mol. The summed E-state index contributed by atoms with van der Waals surface area (Å²) in [5.41, 5.74) is 0. The van der Waals surface area contributed by atoms with E-state index < -0.39 is 0 Å². The molecule has 2 amide bonds. The van der Waals surface area contributed by atoms with Crippen molar-refractivity contribution in [1.29, 1.82) is 0 Å². The zero-order valence-electron chi connectivity index (χ0n) is 8.62. The molecule has 0 aromatic heterocycles. The molecular formula is C10H16N2O3. The fourth-order valence-corrected chi connectivity index (χ4v) is 2.08. The van der Waals surface area contributed by atoms with Gasteiger partial charge in [0.1, 0.15) is 6.04 Å². The van der Waals surface area contributed by atoms with Crippen LogP contribution in [0.5, 0.6) is 0 Å². The Bertz CT molecular complexity index is 261. The van der Waals surface area contributed by atoms with Crippen LogP contribution in [0.1, 0.15) is 19.3 Å². The number of piperazine rings is 1. The van der Waals surface area contributed by atoms with Gasteiger partial charge in [-0.15, -0.1) is 0 Å². The lowest BCUT2D eigenvalue weighted by atomic mass is 9.91. The molecule has 0 aromatic rings. The van der Waals surface area contributed by atoms with E-state index in [4.69, 9.17) is 4.74 Å². The van der Waals surface area contributed by atoms with Crippen molar-refractivity contribution in [1.82, 2.24) is 10.6 Å². The lowest BCUT2D eigenvalue weighted by Gasteiger charge is -2.28. The van der Waals surface area contributed by atoms with Crippen molar-refractivity contribution in [2.45, 2.75) is 25.3 Å². The third-order valence-corrected chi connectivity index (χ3v) is 2.98. The standard InChI is InChI=1S/C10H16N2O3/c13-9-6-11-10(14)8(12-9)5-7-1-3-15-4-2-7/h7-8H,1-6H2,(H,11,14)(H,12,13)/t8-/m1/s1. The largest absolute Gasteiger partial charge is 0.381 e. The maximum atomic E-state index is 11.5. The van der Waals surface area contributed by atoms with Crippen LogP contribution in [0.2, 0.25) is 0 Å². The molecule has 0 bridgehead atoms. The van der Waals surface area contributed by atoms with E-state index in [1.165, 1.54) is 0 Å². The zero-order chi connectivity index (χ0) is 10.7. The van der Waals surface area contributed by atoms with E-state index in [0.29, 0.717) is 5.92 Å². The molecule has 2 aliphatic heterocycles. The minimum atomic E-state index is -0.339. The molecule has 1 atom stereocenters. The molecule has 0 aromatic carbocycles. The van der Waals surface area contributed by atoms with Crippen molar-refractivity contribution in [2.75, 3.05) is 19.8 Å². The van der Waals surface area contributed by atoms with E-state index in [2.05, 4.69) is 10.6 Å². The molecule has 2 N–H and O–H groups in total. The molecule has 0 unspecified atom stereocenters. The molecule has 0 saturated carbocycles. The Morgan fingerprint density at radius 3 is 2.73 bits per heavy atom. The van der Waals surface area contributed by atoms with Crippen LogP contribution in [0.25, 0.3) is 0 Å². The average Bonchev–Trinajstić information content (AvgIpc) is 2.25. The van der Waals surface area contributed by atoms with Gasteiger partial charge in [0.05, 0.1) is 6.54 Å². The minimum Gasteiger partial charge on any atom is -0.381 e. The van der Waals surface area contributed by atoms with Gasteiger partial charge in [-0.2, -0.15) is 0 Å². The fraction of sp³-hybridized carbons (Fsp3) is 0.800. The number of rotatable bonds is 2. The third kappa shape index (κ3) is 2.68. The summed E-state index contributed by atoms with van der Waals surface area (Å²) in [4.78, 5) is 22.6. The van der Waals surface area contributed by atoms with Gasteiger partial charge in [0.15, 0.2) is 0 Å². The predicted octanol–water partition coefficient (Wildman–Crippen LogP) is -0.582. The molecule has 5 heteroatoms. The topological polar surface area (TPSA) is 67.4 Å². The fourth-order valence-electron chi connectivity index (χ4n) is 2.08. The van der Waals surface area contributed by atoms with Crippen LogP contribution < -0.4 is 10.6 Å². The van der Waals surface area contributed by atoms with Crippen molar-refractivity contribution in [3.8, 4) is 0 Å². The van der Waals surface area contributed by atoms with E-state index >= 15 is 0 Å². The van der Waals surface area contributed by atoms with Crippen LogP contribution in [0.3, 0.4) is 0 Å². The second-order valence-corrected chi connectivity index (χ2v) is 4.13. The van der Waals surface area contributed by atoms with Gasteiger partial charge in [0.2, 0.25) is 11.8 Å². The molecule has 5 nitrogen and oxygen atoms in total. The van der Waals surface area contributed by atoms with E-state index in [-0.39, 0.29) is 24.4 Å². The molecule has 2 heterocycles. The number of hydrogen-bond donors (Lipinski definition) is 2. The number of nitrogens with one attached hydrogen (secondary N) is 2. The van der Waals surface area contributed by atoms with Gasteiger partial charge in [-0.3, -0.25) is 9.59 Å². The first-order valence-corrected chi connectivity index (χ1v) is 5.40. The first-order valence-electron chi connectivity index (χ1n) is 5.40. The van der Waals surface area contributed by atoms with Gasteiger partial charge in [0, 0.05) is 13.2 Å². The summed E-state index contributed by atoms with van der Waals surface area (Å²) in [5, 5.41) is 5.31. The second kappa shape index (κ2) is 4.61. The van der Waals surface area contributed by atoms with Crippen LogP contribution in [0, 0.1) is 5.92 Å². The summed E-state index contributed by atoms with van der Waals surface area (Å²) in [5.74, 6) is 0.348. The first-order chi connectivity index (χ1) is 7.25. The smallest absolute Gasteiger partial charge is 0.243 e. The Labute approximate surface area is 88.5 Å². The molecule has 0 aliphatic carbocycles. The maximum Gasteiger partial charge on any atom is 0.243 e. The monoisotopic (exact) mass is 212 g/mol. The van der Waals surface area contributed by atoms with E-state index in [1.54, 1.807) is 0 Å². The predicted molar refractivity (Wildman–Crippen MR) is 53.1 cm³/mol. The van der Waals surface area contributed by atoms with Gasteiger partial charge in [-0.25, -0.2) is 0 Å². The molecule has 2 saturated heterocycles. The number of ether oxygens (including phenoxy) is 1. The molecule has 84 valence electrons. The highest BCUT2D eigenvalue weighted by atomic mass is 16.5. The molecule has 2 fully saturated rings. The zero-order valence-corrected chi connectivity index (χ0v) is 8.62. The molecule has 0 spiro atoms. The van der Waals surface area contributed by atoms with Crippen molar-refractivity contribution in [3.05, 3.63) is 0 Å². The van der Waals surface area contributed by atoms with Crippen molar-refractivity contribution < 1.29 is 14.3 Å². The van der Waals surface area contributed by atoms with Gasteiger partial charge >= 0.3 is 0 Å². The molecule has 2 rings (SSSR count). The van der Waals surface area contributed by atoms with Crippen LogP contribution in [-0.2, 0) is 14.3 Å². The van der Waals surface area contributed by atoms with Crippen LogP contribution in [0.15, 0.2) is 0 Å². The quantitative estimate of drug-likeness (QED) is 0.643. The lowest BCUT2D eigenvalue weighted by Crippen LogP contribution is -2.56. The van der Waals surface area contributed by atoms with Gasteiger partial charge in [-0.1, -0.05) is 0 Å². The lowest BCUT2D eigenvalue weighted by molar-refractivity contribution is -0.134. The molecule has 0 radical (unpaired) electrons. The Morgan fingerprint density at radius 1 is 1.27 bits per heavy atom. The summed E-state index contributed by atoms with van der Waals surface area (Å²) in [6.45, 7) is 1.66.